The van der Waals surface area contributed by atoms with E-state index in [0.29, 0.717) is 14.8 Å². The molecule has 0 spiro atoms. The Morgan fingerprint density at radius 3 is 2.72 bits per heavy atom. The molecule has 0 radical (unpaired) electrons. The van der Waals surface area contributed by atoms with Crippen LogP contribution < -0.4 is 4.80 Å². The first-order valence-electron chi connectivity index (χ1n) is 8.23. The van der Waals surface area contributed by atoms with Crippen LogP contribution in [-0.4, -0.2) is 15.4 Å². The largest absolute Gasteiger partial charge is 0.310 e. The van der Waals surface area contributed by atoms with Gasteiger partial charge in [-0.3, -0.25) is 14.9 Å². The summed E-state index contributed by atoms with van der Waals surface area (Å²) >= 11 is 2.14. The van der Waals surface area contributed by atoms with Crippen molar-refractivity contribution in [1.29, 1.82) is 0 Å². The van der Waals surface area contributed by atoms with E-state index in [1.807, 2.05) is 0 Å². The summed E-state index contributed by atoms with van der Waals surface area (Å²) in [6.07, 6.45) is 1.52. The minimum absolute atomic E-state index is 0.0722. The van der Waals surface area contributed by atoms with E-state index in [2.05, 4.69) is 11.6 Å². The Kier molecular flexibility index (Phi) is 4.81. The Balaban J connectivity index is 1.84. The number of hydrogen-bond acceptors (Lipinski definition) is 5. The molecule has 0 saturated carbocycles. The first kappa shape index (κ1) is 19.1. The number of aromatic nitrogens is 1. The van der Waals surface area contributed by atoms with Crippen molar-refractivity contribution in [2.24, 2.45) is 4.99 Å². The molecule has 0 saturated heterocycles. The Morgan fingerprint density at radius 2 is 2.00 bits per heavy atom. The molecule has 0 bridgehead atoms. The van der Waals surface area contributed by atoms with E-state index in [1.165, 1.54) is 34.9 Å². The van der Waals surface area contributed by atoms with Gasteiger partial charge in [-0.2, -0.15) is 4.99 Å². The fourth-order valence-electron chi connectivity index (χ4n) is 2.90. The lowest BCUT2D eigenvalue weighted by Gasteiger charge is -2.02. The van der Waals surface area contributed by atoms with E-state index < -0.39 is 22.5 Å². The molecule has 1 amide bonds. The van der Waals surface area contributed by atoms with Crippen molar-refractivity contribution in [2.45, 2.75) is 6.54 Å². The molecule has 6 nitrogen and oxygen atoms in total. The van der Waals surface area contributed by atoms with Crippen molar-refractivity contribution >= 4 is 54.6 Å². The minimum Gasteiger partial charge on any atom is -0.310 e. The number of amides is 1. The van der Waals surface area contributed by atoms with E-state index >= 15 is 0 Å². The number of rotatable bonds is 4. The van der Waals surface area contributed by atoms with Gasteiger partial charge in [-0.15, -0.1) is 17.9 Å². The van der Waals surface area contributed by atoms with Crippen molar-refractivity contribution in [3.63, 3.8) is 0 Å². The Bertz CT molecular complexity index is 1380. The standard InChI is InChI=1S/C19H11F2N3O3S2/c1-2-5-23-17-13(21)8-11(20)9-15(17)29-19(23)22-18(25)16-7-10-6-12(24(26)27)3-4-14(10)28-16/h2-4,6-9H,1,5H2. The van der Waals surface area contributed by atoms with Crippen molar-refractivity contribution in [3.8, 4) is 0 Å². The van der Waals surface area contributed by atoms with Crippen molar-refractivity contribution in [1.82, 2.24) is 4.57 Å². The number of hydrogen-bond donors (Lipinski definition) is 0. The number of halogens is 2. The summed E-state index contributed by atoms with van der Waals surface area (Å²) in [5.74, 6) is -2.04. The molecule has 4 rings (SSSR count). The maximum absolute atomic E-state index is 14.3. The lowest BCUT2D eigenvalue weighted by molar-refractivity contribution is -0.384. The lowest BCUT2D eigenvalue weighted by Crippen LogP contribution is -2.16. The van der Waals surface area contributed by atoms with Gasteiger partial charge in [0.25, 0.3) is 11.6 Å². The van der Waals surface area contributed by atoms with Gasteiger partial charge in [-0.05, 0) is 18.2 Å². The maximum Gasteiger partial charge on any atom is 0.289 e. The SMILES string of the molecule is C=CCn1c(=NC(=O)c2cc3cc([N+](=O)[O-])ccc3s2)sc2cc(F)cc(F)c21. The van der Waals surface area contributed by atoms with Crippen LogP contribution in [0.4, 0.5) is 14.5 Å². The average molecular weight is 431 g/mol. The Morgan fingerprint density at radius 1 is 1.21 bits per heavy atom. The maximum atomic E-state index is 14.3. The predicted molar refractivity (Wildman–Crippen MR) is 108 cm³/mol. The van der Waals surface area contributed by atoms with E-state index in [4.69, 9.17) is 0 Å². The van der Waals surface area contributed by atoms with Crippen LogP contribution in [0.1, 0.15) is 9.67 Å². The van der Waals surface area contributed by atoms with Crippen molar-refractivity contribution in [2.75, 3.05) is 0 Å². The van der Waals surface area contributed by atoms with Crippen LogP contribution in [0.15, 0.2) is 54.0 Å². The summed E-state index contributed by atoms with van der Waals surface area (Å²) in [6, 6.07) is 7.82. The van der Waals surface area contributed by atoms with Gasteiger partial charge in [0.05, 0.1) is 20.0 Å². The highest BCUT2D eigenvalue weighted by Gasteiger charge is 2.16. The third-order valence-electron chi connectivity index (χ3n) is 4.13. The molecule has 0 aliphatic carbocycles. The number of non-ortho nitro benzene ring substituents is 1. The van der Waals surface area contributed by atoms with Gasteiger partial charge in [-0.25, -0.2) is 8.78 Å². The van der Waals surface area contributed by atoms with Crippen molar-refractivity contribution < 1.29 is 18.5 Å². The summed E-state index contributed by atoms with van der Waals surface area (Å²) in [5, 5.41) is 11.5. The lowest BCUT2D eigenvalue weighted by atomic mass is 10.2. The van der Waals surface area contributed by atoms with Gasteiger partial charge >= 0.3 is 0 Å². The van der Waals surface area contributed by atoms with E-state index in [0.717, 1.165) is 28.7 Å². The topological polar surface area (TPSA) is 77.5 Å². The fraction of sp³-hybridized carbons (Fsp3) is 0.0526. The van der Waals surface area contributed by atoms with Crippen LogP contribution in [0.3, 0.4) is 0 Å². The highest BCUT2D eigenvalue weighted by molar-refractivity contribution is 7.21. The minimum atomic E-state index is -0.749. The number of allylic oxidation sites excluding steroid dienone is 1. The molecule has 2 aromatic heterocycles. The van der Waals surface area contributed by atoms with Gasteiger partial charge in [0.2, 0.25) is 0 Å². The molecular formula is C19H11F2N3O3S2. The monoisotopic (exact) mass is 431 g/mol. The second kappa shape index (κ2) is 7.30. The van der Waals surface area contributed by atoms with Gasteiger partial charge in [-0.1, -0.05) is 17.4 Å². The summed E-state index contributed by atoms with van der Waals surface area (Å²) < 4.78 is 30.3. The van der Waals surface area contributed by atoms with E-state index in [-0.39, 0.29) is 27.4 Å². The third-order valence-corrected chi connectivity index (χ3v) is 6.26. The second-order valence-corrected chi connectivity index (χ2v) is 8.12. The Labute approximate surface area is 169 Å². The molecule has 10 heteroatoms. The molecular weight excluding hydrogens is 420 g/mol. The number of carbonyl (C=O) groups excluding carboxylic acids is 1. The number of nitrogens with zero attached hydrogens (tertiary/aromatic N) is 3. The van der Waals surface area contributed by atoms with Crippen LogP contribution in [0.2, 0.25) is 0 Å². The molecule has 0 aliphatic heterocycles. The third kappa shape index (κ3) is 3.47. The van der Waals surface area contributed by atoms with Crippen LogP contribution in [-0.2, 0) is 6.54 Å². The second-order valence-electron chi connectivity index (χ2n) is 6.03. The number of benzene rings is 2. The zero-order valence-electron chi connectivity index (χ0n) is 14.6. The summed E-state index contributed by atoms with van der Waals surface area (Å²) in [5.41, 5.74) is 0.0758. The van der Waals surface area contributed by atoms with Crippen LogP contribution in [0, 0.1) is 21.7 Å². The fourth-order valence-corrected chi connectivity index (χ4v) is 4.91. The zero-order chi connectivity index (χ0) is 20.7. The van der Waals surface area contributed by atoms with Gasteiger partial charge in [0, 0.05) is 34.8 Å². The summed E-state index contributed by atoms with van der Waals surface area (Å²) in [7, 11) is 0. The highest BCUT2D eigenvalue weighted by atomic mass is 32.1. The van der Waals surface area contributed by atoms with E-state index in [1.54, 1.807) is 6.07 Å². The molecule has 0 fully saturated rings. The highest BCUT2D eigenvalue weighted by Crippen LogP contribution is 2.29. The molecule has 4 aromatic rings. The smallest absolute Gasteiger partial charge is 0.289 e. The quantitative estimate of drug-likeness (QED) is 0.258. The van der Waals surface area contributed by atoms with Crippen LogP contribution >= 0.6 is 22.7 Å². The van der Waals surface area contributed by atoms with Crippen LogP contribution in [0.25, 0.3) is 20.3 Å². The number of nitro groups is 1. The number of carbonyl (C=O) groups is 1. The van der Waals surface area contributed by atoms with Gasteiger partial charge in [0.15, 0.2) is 10.6 Å². The van der Waals surface area contributed by atoms with Gasteiger partial charge in [0.1, 0.15) is 5.82 Å². The molecule has 2 heterocycles. The predicted octanol–water partition coefficient (Wildman–Crippen LogP) is 5.03. The molecule has 146 valence electrons. The number of thiazole rings is 1. The summed E-state index contributed by atoms with van der Waals surface area (Å²) in [4.78, 5) is 27.7. The molecule has 0 atom stereocenters. The molecule has 0 aliphatic rings. The first-order chi connectivity index (χ1) is 13.9. The van der Waals surface area contributed by atoms with Crippen molar-refractivity contribution in [3.05, 3.63) is 80.5 Å². The first-order valence-corrected chi connectivity index (χ1v) is 9.87. The zero-order valence-corrected chi connectivity index (χ0v) is 16.2. The average Bonchev–Trinajstić information content (AvgIpc) is 3.23. The molecule has 2 aromatic carbocycles. The summed E-state index contributed by atoms with van der Waals surface area (Å²) in [6.45, 7) is 3.81. The number of nitro benzene ring substituents is 1. The Hall–Kier alpha value is -3.24. The number of thiophene rings is 1. The molecule has 29 heavy (non-hydrogen) atoms. The number of fused-ring (bicyclic) bond motifs is 2. The van der Waals surface area contributed by atoms with Gasteiger partial charge < -0.3 is 4.57 Å². The molecule has 0 unspecified atom stereocenters. The molecule has 0 N–H and O–H groups in total. The van der Waals surface area contributed by atoms with E-state index in [9.17, 15) is 23.7 Å². The van der Waals surface area contributed by atoms with Crippen LogP contribution in [0.5, 0.6) is 0 Å². The normalized spacial score (nSPS) is 12.0.